The third-order valence-electron chi connectivity index (χ3n) is 3.49. The summed E-state index contributed by atoms with van der Waals surface area (Å²) in [5, 5.41) is 4.16. The Hall–Kier alpha value is -1.88. The normalized spacial score (nSPS) is 11.4. The fourth-order valence-corrected chi connectivity index (χ4v) is 2.68. The first-order valence-corrected chi connectivity index (χ1v) is 7.39. The second-order valence-electron chi connectivity index (χ2n) is 5.02. The molecule has 0 aliphatic rings. The van der Waals surface area contributed by atoms with E-state index in [0.717, 1.165) is 35.4 Å². The molecule has 0 atom stereocenters. The molecule has 0 unspecified atom stereocenters. The van der Waals surface area contributed by atoms with Crippen LogP contribution in [0.3, 0.4) is 0 Å². The first-order valence-electron chi connectivity index (χ1n) is 6.85. The lowest BCUT2D eigenvalue weighted by Crippen LogP contribution is -2.07. The summed E-state index contributed by atoms with van der Waals surface area (Å²) in [6.45, 7) is 0.734. The van der Waals surface area contributed by atoms with E-state index in [9.17, 15) is 4.39 Å². The maximum absolute atomic E-state index is 13.5. The molecule has 1 aromatic carbocycles. The largest absolute Gasteiger partial charge is 0.328 e. The quantitative estimate of drug-likeness (QED) is 0.679. The van der Waals surface area contributed by atoms with Crippen molar-refractivity contribution in [1.29, 1.82) is 0 Å². The Balaban J connectivity index is 1.94. The number of aryl methyl sites for hydroxylation is 4. The number of aromatic nitrogens is 4. The zero-order chi connectivity index (χ0) is 14.8. The van der Waals surface area contributed by atoms with E-state index >= 15 is 0 Å². The maximum atomic E-state index is 13.5. The van der Waals surface area contributed by atoms with Crippen molar-refractivity contribution < 1.29 is 4.39 Å². The summed E-state index contributed by atoms with van der Waals surface area (Å²) in [5.41, 5.74) is 2.77. The standard InChI is InChI=1S/C15H16ClFN4/c1-20-10-11(9-18-20)5-7-21-14-8-12(17)2-3-13(14)19-15(21)4-6-16/h2-3,8-10H,4-7H2,1H3. The highest BCUT2D eigenvalue weighted by Crippen LogP contribution is 2.19. The lowest BCUT2D eigenvalue weighted by atomic mass is 10.2. The number of benzene rings is 1. The van der Waals surface area contributed by atoms with Crippen molar-refractivity contribution >= 4 is 22.6 Å². The molecule has 0 spiro atoms. The van der Waals surface area contributed by atoms with Crippen LogP contribution >= 0.6 is 11.6 Å². The molecule has 3 rings (SSSR count). The van der Waals surface area contributed by atoms with Crippen LogP contribution in [0.4, 0.5) is 4.39 Å². The first kappa shape index (κ1) is 14.1. The number of nitrogens with zero attached hydrogens (tertiary/aromatic N) is 4. The first-order chi connectivity index (χ1) is 10.2. The van der Waals surface area contributed by atoms with Gasteiger partial charge in [-0.15, -0.1) is 11.6 Å². The molecule has 0 aliphatic heterocycles. The van der Waals surface area contributed by atoms with Crippen LogP contribution in [0.15, 0.2) is 30.6 Å². The summed E-state index contributed by atoms with van der Waals surface area (Å²) < 4.78 is 17.3. The molecule has 0 saturated carbocycles. The molecule has 0 bridgehead atoms. The molecular formula is C15H16ClFN4. The molecule has 0 amide bonds. The summed E-state index contributed by atoms with van der Waals surface area (Å²) in [4.78, 5) is 4.55. The molecule has 21 heavy (non-hydrogen) atoms. The Morgan fingerprint density at radius 3 is 2.86 bits per heavy atom. The van der Waals surface area contributed by atoms with E-state index in [0.29, 0.717) is 12.3 Å². The molecule has 6 heteroatoms. The van der Waals surface area contributed by atoms with Crippen molar-refractivity contribution in [3.63, 3.8) is 0 Å². The summed E-state index contributed by atoms with van der Waals surface area (Å²) in [5.74, 6) is 1.15. The van der Waals surface area contributed by atoms with Crippen molar-refractivity contribution in [3.05, 3.63) is 47.8 Å². The summed E-state index contributed by atoms with van der Waals surface area (Å²) in [7, 11) is 1.89. The van der Waals surface area contributed by atoms with Crippen LogP contribution in [0.25, 0.3) is 11.0 Å². The van der Waals surface area contributed by atoms with Crippen molar-refractivity contribution in [3.8, 4) is 0 Å². The second kappa shape index (κ2) is 5.85. The lowest BCUT2D eigenvalue weighted by Gasteiger charge is -2.07. The molecule has 110 valence electrons. The lowest BCUT2D eigenvalue weighted by molar-refractivity contribution is 0.626. The van der Waals surface area contributed by atoms with E-state index in [-0.39, 0.29) is 5.82 Å². The fraction of sp³-hybridized carbons (Fsp3) is 0.333. The van der Waals surface area contributed by atoms with Crippen LogP contribution in [-0.4, -0.2) is 25.2 Å². The average Bonchev–Trinajstić information content (AvgIpc) is 3.01. The Kier molecular flexibility index (Phi) is 3.92. The van der Waals surface area contributed by atoms with Crippen LogP contribution in [0.5, 0.6) is 0 Å². The van der Waals surface area contributed by atoms with Gasteiger partial charge in [0, 0.05) is 32.1 Å². The van der Waals surface area contributed by atoms with E-state index < -0.39 is 0 Å². The number of hydrogen-bond acceptors (Lipinski definition) is 2. The van der Waals surface area contributed by atoms with Crippen LogP contribution in [-0.2, 0) is 26.4 Å². The maximum Gasteiger partial charge on any atom is 0.125 e. The minimum Gasteiger partial charge on any atom is -0.328 e. The average molecular weight is 307 g/mol. The SMILES string of the molecule is Cn1cc(CCn2c(CCCl)nc3ccc(F)cc32)cn1. The summed E-state index contributed by atoms with van der Waals surface area (Å²) in [6.07, 6.45) is 5.33. The number of rotatable bonds is 5. The van der Waals surface area contributed by atoms with Gasteiger partial charge in [0.1, 0.15) is 11.6 Å². The molecule has 0 aliphatic carbocycles. The van der Waals surface area contributed by atoms with Crippen molar-refractivity contribution in [1.82, 2.24) is 19.3 Å². The molecule has 4 nitrogen and oxygen atoms in total. The third kappa shape index (κ3) is 2.93. The highest BCUT2D eigenvalue weighted by Gasteiger charge is 2.11. The van der Waals surface area contributed by atoms with Gasteiger partial charge in [0.25, 0.3) is 0 Å². The third-order valence-corrected chi connectivity index (χ3v) is 3.68. The van der Waals surface area contributed by atoms with Crippen LogP contribution in [0, 0.1) is 5.82 Å². The predicted molar refractivity (Wildman–Crippen MR) is 81.0 cm³/mol. The van der Waals surface area contributed by atoms with Gasteiger partial charge in [-0.2, -0.15) is 5.10 Å². The molecule has 0 fully saturated rings. The van der Waals surface area contributed by atoms with E-state index in [1.54, 1.807) is 10.7 Å². The number of fused-ring (bicyclic) bond motifs is 1. The number of alkyl halides is 1. The molecule has 0 N–H and O–H groups in total. The predicted octanol–water partition coefficient (Wildman–Crippen LogP) is 2.93. The van der Waals surface area contributed by atoms with Gasteiger partial charge in [-0.1, -0.05) is 0 Å². The Morgan fingerprint density at radius 1 is 1.29 bits per heavy atom. The van der Waals surface area contributed by atoms with Crippen LogP contribution in [0.2, 0.25) is 0 Å². The topological polar surface area (TPSA) is 35.6 Å². The number of hydrogen-bond donors (Lipinski definition) is 0. The van der Waals surface area contributed by atoms with E-state index in [1.165, 1.54) is 12.1 Å². The van der Waals surface area contributed by atoms with E-state index in [4.69, 9.17) is 11.6 Å². The highest BCUT2D eigenvalue weighted by molar-refractivity contribution is 6.17. The zero-order valence-corrected chi connectivity index (χ0v) is 12.5. The van der Waals surface area contributed by atoms with Gasteiger partial charge in [0.2, 0.25) is 0 Å². The van der Waals surface area contributed by atoms with Gasteiger partial charge >= 0.3 is 0 Å². The van der Waals surface area contributed by atoms with Crippen molar-refractivity contribution in [2.45, 2.75) is 19.4 Å². The Labute approximate surface area is 127 Å². The highest BCUT2D eigenvalue weighted by atomic mass is 35.5. The van der Waals surface area contributed by atoms with Gasteiger partial charge in [-0.05, 0) is 30.2 Å². The Morgan fingerprint density at radius 2 is 2.14 bits per heavy atom. The molecule has 2 heterocycles. The second-order valence-corrected chi connectivity index (χ2v) is 5.40. The number of imidazole rings is 1. The van der Waals surface area contributed by atoms with Gasteiger partial charge in [-0.3, -0.25) is 4.68 Å². The molecule has 2 aromatic heterocycles. The van der Waals surface area contributed by atoms with E-state index in [2.05, 4.69) is 10.1 Å². The minimum absolute atomic E-state index is 0.248. The van der Waals surface area contributed by atoms with Crippen LogP contribution < -0.4 is 0 Å². The van der Waals surface area contributed by atoms with Gasteiger partial charge < -0.3 is 4.57 Å². The van der Waals surface area contributed by atoms with Gasteiger partial charge in [0.15, 0.2) is 0 Å². The molecular weight excluding hydrogens is 291 g/mol. The summed E-state index contributed by atoms with van der Waals surface area (Å²) >= 11 is 5.85. The van der Waals surface area contributed by atoms with Crippen molar-refractivity contribution in [2.24, 2.45) is 7.05 Å². The number of halogens is 2. The monoisotopic (exact) mass is 306 g/mol. The van der Waals surface area contributed by atoms with Crippen molar-refractivity contribution in [2.75, 3.05) is 5.88 Å². The Bertz CT molecular complexity index is 762. The molecule has 0 radical (unpaired) electrons. The molecule has 3 aromatic rings. The fourth-order valence-electron chi connectivity index (χ4n) is 2.51. The minimum atomic E-state index is -0.248. The zero-order valence-electron chi connectivity index (χ0n) is 11.8. The van der Waals surface area contributed by atoms with E-state index in [1.807, 2.05) is 24.0 Å². The summed E-state index contributed by atoms with van der Waals surface area (Å²) in [6, 6.07) is 4.68. The van der Waals surface area contributed by atoms with Crippen LogP contribution in [0.1, 0.15) is 11.4 Å². The smallest absolute Gasteiger partial charge is 0.125 e. The van der Waals surface area contributed by atoms with Gasteiger partial charge in [0.05, 0.1) is 17.2 Å². The van der Waals surface area contributed by atoms with Gasteiger partial charge in [-0.25, -0.2) is 9.37 Å². The molecule has 0 saturated heterocycles.